The second-order valence-corrected chi connectivity index (χ2v) is 5.77. The van der Waals surface area contributed by atoms with Crippen molar-refractivity contribution in [3.05, 3.63) is 47.8 Å². The molecule has 0 amide bonds. The van der Waals surface area contributed by atoms with Crippen molar-refractivity contribution in [2.24, 2.45) is 4.99 Å². The quantitative estimate of drug-likeness (QED) is 0.246. The first kappa shape index (κ1) is 24.1. The number of aromatic nitrogens is 2. The molecule has 156 valence electrons. The molecule has 0 atom stereocenters. The topological polar surface area (TPSA) is 63.5 Å². The van der Waals surface area contributed by atoms with Gasteiger partial charge >= 0.3 is 6.18 Å². The summed E-state index contributed by atoms with van der Waals surface area (Å²) in [5.74, 6) is 0.639. The number of nitrogens with one attached hydrogen (secondary N) is 2. The molecule has 6 nitrogen and oxygen atoms in total. The SMILES string of the molecule is CCNC(=NCc1ccc(OC)cc1C(F)(F)F)NCCCn1cccn1.I. The number of alkyl halides is 3. The van der Waals surface area contributed by atoms with Gasteiger partial charge in [0.05, 0.1) is 19.2 Å². The summed E-state index contributed by atoms with van der Waals surface area (Å²) in [5.41, 5.74) is -0.642. The first-order valence-corrected chi connectivity index (χ1v) is 8.67. The third kappa shape index (κ3) is 7.56. The summed E-state index contributed by atoms with van der Waals surface area (Å²) in [4.78, 5) is 4.28. The molecule has 0 aliphatic carbocycles. The second kappa shape index (κ2) is 11.8. The van der Waals surface area contributed by atoms with Gasteiger partial charge in [-0.05, 0) is 37.1 Å². The maximum Gasteiger partial charge on any atom is 0.416 e. The van der Waals surface area contributed by atoms with Crippen LogP contribution in [0.2, 0.25) is 0 Å². The zero-order chi connectivity index (χ0) is 19.7. The van der Waals surface area contributed by atoms with Gasteiger partial charge in [-0.1, -0.05) is 6.07 Å². The van der Waals surface area contributed by atoms with Gasteiger partial charge in [-0.25, -0.2) is 4.99 Å². The predicted octanol–water partition coefficient (Wildman–Crippen LogP) is 3.67. The minimum absolute atomic E-state index is 0. The number of rotatable bonds is 8. The Hall–Kier alpha value is -1.98. The Kier molecular flexibility index (Phi) is 10.1. The Morgan fingerprint density at radius 3 is 2.68 bits per heavy atom. The smallest absolute Gasteiger partial charge is 0.416 e. The highest BCUT2D eigenvalue weighted by Crippen LogP contribution is 2.34. The van der Waals surface area contributed by atoms with Crippen molar-refractivity contribution in [3.63, 3.8) is 0 Å². The zero-order valence-electron chi connectivity index (χ0n) is 15.8. The van der Waals surface area contributed by atoms with Gasteiger partial charge in [-0.15, -0.1) is 24.0 Å². The van der Waals surface area contributed by atoms with Gasteiger partial charge in [0.15, 0.2) is 5.96 Å². The van der Waals surface area contributed by atoms with E-state index in [9.17, 15) is 13.2 Å². The molecule has 0 radical (unpaired) electrons. The maximum absolute atomic E-state index is 13.3. The second-order valence-electron chi connectivity index (χ2n) is 5.77. The Morgan fingerprint density at radius 2 is 2.07 bits per heavy atom. The molecule has 0 spiro atoms. The van der Waals surface area contributed by atoms with E-state index >= 15 is 0 Å². The van der Waals surface area contributed by atoms with E-state index in [1.807, 2.05) is 23.9 Å². The highest BCUT2D eigenvalue weighted by atomic mass is 127. The van der Waals surface area contributed by atoms with Gasteiger partial charge in [-0.3, -0.25) is 4.68 Å². The fraction of sp³-hybridized carbons (Fsp3) is 0.444. The monoisotopic (exact) mass is 511 g/mol. The molecular formula is C18H25F3IN5O. The fourth-order valence-electron chi connectivity index (χ4n) is 2.47. The molecule has 0 aliphatic rings. The van der Waals surface area contributed by atoms with Gasteiger partial charge < -0.3 is 15.4 Å². The fourth-order valence-corrected chi connectivity index (χ4v) is 2.47. The average molecular weight is 511 g/mol. The van der Waals surface area contributed by atoms with E-state index < -0.39 is 11.7 Å². The highest BCUT2D eigenvalue weighted by Gasteiger charge is 2.33. The van der Waals surface area contributed by atoms with E-state index in [2.05, 4.69) is 20.7 Å². The average Bonchev–Trinajstić information content (AvgIpc) is 3.15. The van der Waals surface area contributed by atoms with Crippen LogP contribution in [0.25, 0.3) is 0 Å². The van der Waals surface area contributed by atoms with Crippen LogP contribution in [0.4, 0.5) is 13.2 Å². The summed E-state index contributed by atoms with van der Waals surface area (Å²) < 4.78 is 46.5. The number of halogens is 4. The molecule has 0 fully saturated rings. The summed E-state index contributed by atoms with van der Waals surface area (Å²) in [6.07, 6.45) is -0.0644. The molecule has 10 heteroatoms. The standard InChI is InChI=1S/C18H24F3N5O.HI/c1-3-22-17(23-8-4-10-26-11-5-9-25-26)24-13-14-6-7-15(27-2)12-16(14)18(19,20)21;/h5-7,9,11-12H,3-4,8,10,13H2,1-2H3,(H2,22,23,24);1H. The molecule has 2 aromatic rings. The van der Waals surface area contributed by atoms with Crippen LogP contribution in [-0.4, -0.2) is 35.9 Å². The van der Waals surface area contributed by atoms with E-state index in [-0.39, 0.29) is 41.8 Å². The Bertz CT molecular complexity index is 735. The Morgan fingerprint density at radius 1 is 1.29 bits per heavy atom. The lowest BCUT2D eigenvalue weighted by atomic mass is 10.1. The third-order valence-corrected chi connectivity index (χ3v) is 3.79. The minimum atomic E-state index is -4.46. The van der Waals surface area contributed by atoms with Gasteiger partial charge in [-0.2, -0.15) is 18.3 Å². The number of methoxy groups -OCH3 is 1. The number of nitrogens with zero attached hydrogens (tertiary/aromatic N) is 3. The summed E-state index contributed by atoms with van der Waals surface area (Å²) in [6.45, 7) is 3.79. The lowest BCUT2D eigenvalue weighted by molar-refractivity contribution is -0.138. The molecule has 28 heavy (non-hydrogen) atoms. The van der Waals surface area contributed by atoms with Crippen molar-refractivity contribution in [1.29, 1.82) is 0 Å². The normalized spacial score (nSPS) is 11.7. The van der Waals surface area contributed by atoms with Crippen molar-refractivity contribution in [1.82, 2.24) is 20.4 Å². The van der Waals surface area contributed by atoms with Crippen molar-refractivity contribution in [3.8, 4) is 5.75 Å². The summed E-state index contributed by atoms with van der Waals surface area (Å²) in [7, 11) is 1.34. The van der Waals surface area contributed by atoms with Crippen molar-refractivity contribution in [2.75, 3.05) is 20.2 Å². The van der Waals surface area contributed by atoms with Crippen LogP contribution >= 0.6 is 24.0 Å². The van der Waals surface area contributed by atoms with Gasteiger partial charge in [0.2, 0.25) is 0 Å². The van der Waals surface area contributed by atoms with Crippen LogP contribution < -0.4 is 15.4 Å². The number of aliphatic imine (C=N–C) groups is 1. The van der Waals surface area contributed by atoms with Crippen LogP contribution in [0.1, 0.15) is 24.5 Å². The molecule has 2 N–H and O–H groups in total. The van der Waals surface area contributed by atoms with Gasteiger partial charge in [0.25, 0.3) is 0 Å². The number of hydrogen-bond donors (Lipinski definition) is 2. The zero-order valence-corrected chi connectivity index (χ0v) is 18.1. The molecule has 0 saturated carbocycles. The predicted molar refractivity (Wildman–Crippen MR) is 113 cm³/mol. The van der Waals surface area contributed by atoms with Crippen LogP contribution in [0.5, 0.6) is 5.75 Å². The molecule has 1 heterocycles. The van der Waals surface area contributed by atoms with E-state index in [0.29, 0.717) is 19.0 Å². The van der Waals surface area contributed by atoms with E-state index in [1.165, 1.54) is 19.2 Å². The van der Waals surface area contributed by atoms with Gasteiger partial charge in [0, 0.05) is 32.0 Å². The molecule has 0 saturated heterocycles. The molecule has 0 bridgehead atoms. The van der Waals surface area contributed by atoms with Crippen LogP contribution in [0.3, 0.4) is 0 Å². The molecule has 0 aliphatic heterocycles. The lowest BCUT2D eigenvalue weighted by Gasteiger charge is -2.15. The van der Waals surface area contributed by atoms with Crippen molar-refractivity contribution >= 4 is 29.9 Å². The number of hydrogen-bond acceptors (Lipinski definition) is 3. The van der Waals surface area contributed by atoms with E-state index in [1.54, 1.807) is 6.20 Å². The maximum atomic E-state index is 13.3. The van der Waals surface area contributed by atoms with Crippen LogP contribution in [0, 0.1) is 0 Å². The number of benzene rings is 1. The molecule has 1 aromatic heterocycles. The van der Waals surface area contributed by atoms with Crippen molar-refractivity contribution < 1.29 is 17.9 Å². The summed E-state index contributed by atoms with van der Waals surface area (Å²) in [6, 6.07) is 5.75. The first-order chi connectivity index (χ1) is 12.9. The molecular weight excluding hydrogens is 486 g/mol. The largest absolute Gasteiger partial charge is 0.497 e. The molecule has 0 unspecified atom stereocenters. The Balaban J connectivity index is 0.00000392. The van der Waals surface area contributed by atoms with E-state index in [0.717, 1.165) is 19.0 Å². The number of ether oxygens (including phenoxy) is 1. The highest BCUT2D eigenvalue weighted by molar-refractivity contribution is 14.0. The lowest BCUT2D eigenvalue weighted by Crippen LogP contribution is -2.38. The summed E-state index contributed by atoms with van der Waals surface area (Å²) in [5, 5.41) is 10.3. The van der Waals surface area contributed by atoms with Crippen molar-refractivity contribution in [2.45, 2.75) is 32.6 Å². The molecule has 1 aromatic carbocycles. The van der Waals surface area contributed by atoms with E-state index in [4.69, 9.17) is 4.74 Å². The van der Waals surface area contributed by atoms with Gasteiger partial charge in [0.1, 0.15) is 5.75 Å². The number of guanidine groups is 1. The first-order valence-electron chi connectivity index (χ1n) is 8.67. The third-order valence-electron chi connectivity index (χ3n) is 3.79. The molecule has 2 rings (SSSR count). The van der Waals surface area contributed by atoms with Crippen LogP contribution in [0.15, 0.2) is 41.7 Å². The number of aryl methyl sites for hydroxylation is 1. The minimum Gasteiger partial charge on any atom is -0.497 e. The van der Waals surface area contributed by atoms with Crippen LogP contribution in [-0.2, 0) is 19.3 Å². The Labute approximate surface area is 179 Å². The summed E-state index contributed by atoms with van der Waals surface area (Å²) >= 11 is 0.